The van der Waals surface area contributed by atoms with E-state index >= 15 is 4.39 Å². The quantitative estimate of drug-likeness (QED) is 0.170. The van der Waals surface area contributed by atoms with Crippen molar-refractivity contribution in [3.05, 3.63) is 107 Å². The van der Waals surface area contributed by atoms with Gasteiger partial charge in [-0.2, -0.15) is 0 Å². The number of fused-ring (bicyclic) bond motifs is 1. The second-order valence-corrected chi connectivity index (χ2v) is 10.8. The van der Waals surface area contributed by atoms with Crippen molar-refractivity contribution in [3.63, 3.8) is 0 Å². The van der Waals surface area contributed by atoms with E-state index < -0.39 is 11.6 Å². The molecule has 0 atom stereocenters. The highest BCUT2D eigenvalue weighted by atomic mass is 32.1. The molecule has 40 heavy (non-hydrogen) atoms. The number of rotatable bonds is 11. The van der Waals surface area contributed by atoms with Crippen molar-refractivity contribution in [2.45, 2.75) is 39.7 Å². The topological polar surface area (TPSA) is 64.1 Å². The smallest absolute Gasteiger partial charge is 0.166 e. The molecule has 3 heterocycles. The second-order valence-electron chi connectivity index (χ2n) is 9.72. The number of carbonyl (C=O) groups excluding carboxylic acids is 1. The van der Waals surface area contributed by atoms with Crippen molar-refractivity contribution in [1.29, 1.82) is 0 Å². The molecule has 5 aromatic rings. The summed E-state index contributed by atoms with van der Waals surface area (Å²) in [6.45, 7) is 5.71. The maximum absolute atomic E-state index is 15.0. The Morgan fingerprint density at radius 2 is 1.77 bits per heavy atom. The summed E-state index contributed by atoms with van der Waals surface area (Å²) >= 11 is 1.48. The molecule has 5 rings (SSSR count). The Kier molecular flexibility index (Phi) is 8.57. The van der Waals surface area contributed by atoms with Gasteiger partial charge in [-0.3, -0.25) is 14.8 Å². The SMILES string of the molecule is CCCNCc1ccc(-c2cc3nccc(Oc4ccc(CC(=O)Cc5cc(C)ccc5F)cc4F)c3s2)nc1. The Morgan fingerprint density at radius 1 is 0.925 bits per heavy atom. The van der Waals surface area contributed by atoms with Crippen LogP contribution in [0.1, 0.15) is 35.6 Å². The number of nitrogens with one attached hydrogen (secondary N) is 1. The zero-order valence-electron chi connectivity index (χ0n) is 22.3. The first kappa shape index (κ1) is 27.6. The van der Waals surface area contributed by atoms with Crippen LogP contribution >= 0.6 is 11.3 Å². The van der Waals surface area contributed by atoms with Gasteiger partial charge in [-0.1, -0.05) is 36.8 Å². The summed E-state index contributed by atoms with van der Waals surface area (Å²) in [4.78, 5) is 22.5. The van der Waals surface area contributed by atoms with E-state index in [0.717, 1.165) is 51.4 Å². The van der Waals surface area contributed by atoms with Crippen LogP contribution in [0, 0.1) is 18.6 Å². The lowest BCUT2D eigenvalue weighted by molar-refractivity contribution is -0.117. The molecule has 8 heteroatoms. The number of nitrogens with zero attached hydrogens (tertiary/aromatic N) is 2. The van der Waals surface area contributed by atoms with Gasteiger partial charge in [-0.15, -0.1) is 11.3 Å². The summed E-state index contributed by atoms with van der Waals surface area (Å²) in [5, 5.41) is 3.37. The third-order valence-corrected chi connectivity index (χ3v) is 7.58. The molecule has 0 aliphatic heterocycles. The molecule has 2 aromatic carbocycles. The maximum atomic E-state index is 15.0. The predicted molar refractivity (Wildman–Crippen MR) is 155 cm³/mol. The lowest BCUT2D eigenvalue weighted by Gasteiger charge is -2.09. The number of aryl methyl sites for hydroxylation is 1. The van der Waals surface area contributed by atoms with E-state index in [4.69, 9.17) is 4.74 Å². The number of ether oxygens (including phenoxy) is 1. The highest BCUT2D eigenvalue weighted by molar-refractivity contribution is 7.22. The molecule has 5 nitrogen and oxygen atoms in total. The van der Waals surface area contributed by atoms with Crippen LogP contribution in [0.15, 0.2) is 73.1 Å². The summed E-state index contributed by atoms with van der Waals surface area (Å²) in [7, 11) is 0. The van der Waals surface area contributed by atoms with Gasteiger partial charge in [0.05, 0.1) is 20.8 Å². The third-order valence-electron chi connectivity index (χ3n) is 6.42. The normalized spacial score (nSPS) is 11.2. The molecule has 0 amide bonds. The van der Waals surface area contributed by atoms with Crippen molar-refractivity contribution in [2.24, 2.45) is 0 Å². The minimum atomic E-state index is -0.581. The monoisotopic (exact) mass is 557 g/mol. The summed E-state index contributed by atoms with van der Waals surface area (Å²) in [6.07, 6.45) is 4.52. The van der Waals surface area contributed by atoms with Crippen molar-refractivity contribution < 1.29 is 18.3 Å². The van der Waals surface area contributed by atoms with Crippen LogP contribution < -0.4 is 10.1 Å². The van der Waals surface area contributed by atoms with E-state index in [-0.39, 0.29) is 24.4 Å². The van der Waals surface area contributed by atoms with Crippen molar-refractivity contribution in [2.75, 3.05) is 6.54 Å². The van der Waals surface area contributed by atoms with E-state index in [1.807, 2.05) is 25.3 Å². The minimum Gasteiger partial charge on any atom is -0.453 e. The lowest BCUT2D eigenvalue weighted by atomic mass is 10.0. The Labute approximate surface area is 235 Å². The average Bonchev–Trinajstić information content (AvgIpc) is 3.38. The van der Waals surface area contributed by atoms with Gasteiger partial charge in [0.1, 0.15) is 17.3 Å². The van der Waals surface area contributed by atoms with Crippen LogP contribution in [-0.2, 0) is 24.2 Å². The zero-order chi connectivity index (χ0) is 28.1. The Bertz CT molecular complexity index is 1650. The van der Waals surface area contributed by atoms with Gasteiger partial charge >= 0.3 is 0 Å². The molecular weight excluding hydrogens is 528 g/mol. The number of Topliss-reactive ketones (excluding diaryl/α,β-unsaturated/α-hetero) is 1. The second kappa shape index (κ2) is 12.4. The van der Waals surface area contributed by atoms with Gasteiger partial charge in [0.25, 0.3) is 0 Å². The molecule has 0 saturated carbocycles. The number of ketones is 1. The Morgan fingerprint density at radius 3 is 2.55 bits per heavy atom. The van der Waals surface area contributed by atoms with Crippen LogP contribution in [0.3, 0.4) is 0 Å². The molecule has 1 N–H and O–H groups in total. The number of hydrogen-bond acceptors (Lipinski definition) is 6. The van der Waals surface area contributed by atoms with Gasteiger partial charge in [-0.25, -0.2) is 8.78 Å². The fourth-order valence-corrected chi connectivity index (χ4v) is 5.45. The average molecular weight is 558 g/mol. The highest BCUT2D eigenvalue weighted by Crippen LogP contribution is 2.39. The van der Waals surface area contributed by atoms with Crippen molar-refractivity contribution in [3.8, 4) is 22.1 Å². The standard InChI is InChI=1S/C32H29F2N3O2S/c1-3-11-35-18-22-5-8-27(37-19-22)31-17-28-32(40-31)30(10-12-36-28)39-29-9-6-21(15-26(29)34)14-24(38)16-23-13-20(2)4-7-25(23)33/h4-10,12-13,15,17,19,35H,3,11,14,16,18H2,1-2H3. The van der Waals surface area contributed by atoms with Crippen LogP contribution in [0.25, 0.3) is 20.8 Å². The lowest BCUT2D eigenvalue weighted by Crippen LogP contribution is -2.13. The summed E-state index contributed by atoms with van der Waals surface area (Å²) < 4.78 is 35.8. The van der Waals surface area contributed by atoms with E-state index in [9.17, 15) is 9.18 Å². The number of hydrogen-bond donors (Lipinski definition) is 1. The predicted octanol–water partition coefficient (Wildman–Crippen LogP) is 7.59. The van der Waals surface area contributed by atoms with Gasteiger partial charge < -0.3 is 10.1 Å². The zero-order valence-corrected chi connectivity index (χ0v) is 23.2. The largest absolute Gasteiger partial charge is 0.453 e. The van der Waals surface area contributed by atoms with Crippen LogP contribution in [-0.4, -0.2) is 22.3 Å². The Balaban J connectivity index is 1.29. The number of benzene rings is 2. The number of carbonyl (C=O) groups is 1. The van der Waals surface area contributed by atoms with Crippen LogP contribution in [0.4, 0.5) is 8.78 Å². The molecule has 0 saturated heterocycles. The van der Waals surface area contributed by atoms with E-state index in [2.05, 4.69) is 28.3 Å². The van der Waals surface area contributed by atoms with Gasteiger partial charge in [0.2, 0.25) is 0 Å². The first-order valence-electron chi connectivity index (χ1n) is 13.2. The third kappa shape index (κ3) is 6.58. The molecule has 0 bridgehead atoms. The van der Waals surface area contributed by atoms with Gasteiger partial charge in [0, 0.05) is 37.8 Å². The Hall–Kier alpha value is -4.01. The molecule has 0 aliphatic rings. The molecule has 204 valence electrons. The van der Waals surface area contributed by atoms with E-state index in [1.54, 1.807) is 30.5 Å². The van der Waals surface area contributed by atoms with Crippen molar-refractivity contribution >= 4 is 27.3 Å². The summed E-state index contributed by atoms with van der Waals surface area (Å²) in [5.41, 5.74) is 4.41. The van der Waals surface area contributed by atoms with Gasteiger partial charge in [0.15, 0.2) is 11.6 Å². The van der Waals surface area contributed by atoms with Crippen LogP contribution in [0.2, 0.25) is 0 Å². The molecule has 3 aromatic heterocycles. The first-order valence-corrected chi connectivity index (χ1v) is 14.0. The molecule has 0 aliphatic carbocycles. The molecule has 0 fully saturated rings. The van der Waals surface area contributed by atoms with E-state index in [0.29, 0.717) is 16.9 Å². The van der Waals surface area contributed by atoms with E-state index in [1.165, 1.54) is 29.5 Å². The fraction of sp³-hybridized carbons (Fsp3) is 0.219. The maximum Gasteiger partial charge on any atom is 0.166 e. The van der Waals surface area contributed by atoms with Crippen LogP contribution in [0.5, 0.6) is 11.5 Å². The molecule has 0 unspecified atom stereocenters. The number of pyridine rings is 2. The van der Waals surface area contributed by atoms with Crippen molar-refractivity contribution in [1.82, 2.24) is 15.3 Å². The highest BCUT2D eigenvalue weighted by Gasteiger charge is 2.15. The molecular formula is C32H29F2N3O2S. The minimum absolute atomic E-state index is 0.00117. The molecule has 0 radical (unpaired) electrons. The molecule has 0 spiro atoms. The summed E-state index contributed by atoms with van der Waals surface area (Å²) in [6, 6.07) is 16.8. The number of halogens is 2. The first-order chi connectivity index (χ1) is 19.4. The van der Waals surface area contributed by atoms with Gasteiger partial charge in [-0.05, 0) is 66.9 Å². The summed E-state index contributed by atoms with van der Waals surface area (Å²) in [5.74, 6) is -0.660. The number of aromatic nitrogens is 2. The number of thiophene rings is 1. The fourth-order valence-electron chi connectivity index (χ4n) is 4.40.